The molecule has 0 aromatic heterocycles. The summed E-state index contributed by atoms with van der Waals surface area (Å²) in [6.07, 6.45) is 0.687. The third kappa shape index (κ3) is 3.09. The molecule has 0 saturated heterocycles. The van der Waals surface area contributed by atoms with Crippen molar-refractivity contribution >= 4 is 6.09 Å². The van der Waals surface area contributed by atoms with Gasteiger partial charge in [-0.2, -0.15) is 0 Å². The zero-order chi connectivity index (χ0) is 14.2. The van der Waals surface area contributed by atoms with E-state index in [4.69, 9.17) is 4.74 Å². The van der Waals surface area contributed by atoms with Crippen LogP contribution >= 0.6 is 0 Å². The Bertz CT molecular complexity index is 488. The molecule has 3 nitrogen and oxygen atoms in total. The summed E-state index contributed by atoms with van der Waals surface area (Å²) in [5.74, 6) is 0. The van der Waals surface area contributed by atoms with Crippen LogP contribution in [-0.4, -0.2) is 23.1 Å². The fourth-order valence-electron chi connectivity index (χ4n) is 2.53. The van der Waals surface area contributed by atoms with E-state index in [2.05, 4.69) is 32.0 Å². The molecule has 0 spiro atoms. The first-order valence-electron chi connectivity index (χ1n) is 6.87. The number of nitrogens with zero attached hydrogens (tertiary/aromatic N) is 1. The summed E-state index contributed by atoms with van der Waals surface area (Å²) in [7, 11) is 0. The van der Waals surface area contributed by atoms with Gasteiger partial charge in [-0.3, -0.25) is 0 Å². The predicted molar refractivity (Wildman–Crippen MR) is 76.2 cm³/mol. The molecule has 0 bridgehead atoms. The van der Waals surface area contributed by atoms with Gasteiger partial charge < -0.3 is 9.64 Å². The molecule has 19 heavy (non-hydrogen) atoms. The Labute approximate surface area is 115 Å². The van der Waals surface area contributed by atoms with Crippen molar-refractivity contribution in [2.45, 2.75) is 52.7 Å². The topological polar surface area (TPSA) is 29.5 Å². The summed E-state index contributed by atoms with van der Waals surface area (Å²) in [6, 6.07) is 6.54. The maximum atomic E-state index is 12.2. The van der Waals surface area contributed by atoms with Gasteiger partial charge in [0.2, 0.25) is 0 Å². The summed E-state index contributed by atoms with van der Waals surface area (Å²) >= 11 is 0. The molecule has 1 aromatic carbocycles. The van der Waals surface area contributed by atoms with Crippen molar-refractivity contribution in [1.82, 2.24) is 4.90 Å². The Morgan fingerprint density at radius 1 is 1.37 bits per heavy atom. The maximum Gasteiger partial charge on any atom is 0.410 e. The van der Waals surface area contributed by atoms with Crippen molar-refractivity contribution < 1.29 is 9.53 Å². The highest BCUT2D eigenvalue weighted by Crippen LogP contribution is 2.31. The molecule has 2 rings (SSSR count). The average Bonchev–Trinajstić information content (AvgIpc) is 2.26. The van der Waals surface area contributed by atoms with Crippen molar-refractivity contribution in [3.8, 4) is 0 Å². The molecule has 1 aliphatic heterocycles. The van der Waals surface area contributed by atoms with Gasteiger partial charge in [-0.1, -0.05) is 23.8 Å². The maximum absolute atomic E-state index is 12.2. The van der Waals surface area contributed by atoms with Crippen LogP contribution in [0.25, 0.3) is 0 Å². The summed E-state index contributed by atoms with van der Waals surface area (Å²) in [5.41, 5.74) is 3.43. The van der Waals surface area contributed by atoms with Gasteiger partial charge in [-0.05, 0) is 52.2 Å². The van der Waals surface area contributed by atoms with E-state index in [0.29, 0.717) is 0 Å². The molecular weight excluding hydrogens is 238 g/mol. The number of hydrogen-bond donors (Lipinski definition) is 0. The number of amides is 1. The molecule has 0 fully saturated rings. The van der Waals surface area contributed by atoms with Crippen LogP contribution in [0, 0.1) is 6.92 Å². The second-order valence-electron chi connectivity index (χ2n) is 6.30. The Kier molecular flexibility index (Phi) is 3.57. The van der Waals surface area contributed by atoms with Gasteiger partial charge in [-0.25, -0.2) is 4.79 Å². The van der Waals surface area contributed by atoms with Gasteiger partial charge in [0.05, 0.1) is 6.04 Å². The highest BCUT2D eigenvalue weighted by atomic mass is 16.6. The number of hydrogen-bond acceptors (Lipinski definition) is 2. The first kappa shape index (κ1) is 13.9. The van der Waals surface area contributed by atoms with Gasteiger partial charge in [0.1, 0.15) is 5.60 Å². The number of aryl methyl sites for hydroxylation is 1. The second kappa shape index (κ2) is 4.87. The van der Waals surface area contributed by atoms with E-state index in [1.165, 1.54) is 16.7 Å². The molecule has 0 saturated carbocycles. The minimum Gasteiger partial charge on any atom is -0.444 e. The quantitative estimate of drug-likeness (QED) is 0.710. The molecule has 1 amide bonds. The standard InChI is InChI=1S/C16H23NO2/c1-11-6-7-14-12(2)17(9-8-13(14)10-11)15(18)19-16(3,4)5/h6-7,10,12H,8-9H2,1-5H3. The Balaban J connectivity index is 2.19. The van der Waals surface area contributed by atoms with E-state index in [1.807, 2.05) is 25.7 Å². The number of fused-ring (bicyclic) bond motifs is 1. The minimum atomic E-state index is -0.440. The van der Waals surface area contributed by atoms with Crippen molar-refractivity contribution in [3.05, 3.63) is 34.9 Å². The zero-order valence-electron chi connectivity index (χ0n) is 12.5. The molecule has 0 N–H and O–H groups in total. The van der Waals surface area contributed by atoms with Crippen molar-refractivity contribution in [2.24, 2.45) is 0 Å². The molecule has 1 heterocycles. The monoisotopic (exact) mass is 261 g/mol. The third-order valence-electron chi connectivity index (χ3n) is 3.47. The summed E-state index contributed by atoms with van der Waals surface area (Å²) < 4.78 is 5.47. The highest BCUT2D eigenvalue weighted by Gasteiger charge is 2.30. The van der Waals surface area contributed by atoms with Gasteiger partial charge in [0.25, 0.3) is 0 Å². The van der Waals surface area contributed by atoms with E-state index in [0.717, 1.165) is 13.0 Å². The Hall–Kier alpha value is -1.51. The summed E-state index contributed by atoms with van der Waals surface area (Å²) in [5, 5.41) is 0. The lowest BCUT2D eigenvalue weighted by molar-refractivity contribution is 0.0160. The average molecular weight is 261 g/mol. The summed E-state index contributed by atoms with van der Waals surface area (Å²) in [4.78, 5) is 14.0. The van der Waals surface area contributed by atoms with E-state index in [1.54, 1.807) is 0 Å². The van der Waals surface area contributed by atoms with Gasteiger partial charge in [0.15, 0.2) is 0 Å². The largest absolute Gasteiger partial charge is 0.444 e. The molecule has 3 heteroatoms. The second-order valence-corrected chi connectivity index (χ2v) is 6.30. The van der Waals surface area contributed by atoms with E-state index < -0.39 is 5.60 Å². The van der Waals surface area contributed by atoms with Crippen LogP contribution in [0.4, 0.5) is 4.79 Å². The van der Waals surface area contributed by atoms with Gasteiger partial charge >= 0.3 is 6.09 Å². The lowest BCUT2D eigenvalue weighted by Gasteiger charge is -2.36. The first-order chi connectivity index (χ1) is 8.78. The number of ether oxygens (including phenoxy) is 1. The fourth-order valence-corrected chi connectivity index (χ4v) is 2.53. The van der Waals surface area contributed by atoms with Crippen LogP contribution in [0.15, 0.2) is 18.2 Å². The van der Waals surface area contributed by atoms with Crippen LogP contribution in [0.1, 0.15) is 50.4 Å². The first-order valence-corrected chi connectivity index (χ1v) is 6.87. The van der Waals surface area contributed by atoms with E-state index in [9.17, 15) is 4.79 Å². The summed E-state index contributed by atoms with van der Waals surface area (Å²) in [6.45, 7) is 10.6. The van der Waals surface area contributed by atoms with E-state index in [-0.39, 0.29) is 12.1 Å². The molecule has 1 aromatic rings. The molecule has 1 atom stereocenters. The Morgan fingerprint density at radius 2 is 2.05 bits per heavy atom. The zero-order valence-corrected chi connectivity index (χ0v) is 12.5. The number of carbonyl (C=O) groups is 1. The van der Waals surface area contributed by atoms with Gasteiger partial charge in [0, 0.05) is 6.54 Å². The van der Waals surface area contributed by atoms with Crippen LogP contribution < -0.4 is 0 Å². The number of rotatable bonds is 0. The van der Waals surface area contributed by atoms with Crippen molar-refractivity contribution in [3.63, 3.8) is 0 Å². The van der Waals surface area contributed by atoms with Crippen LogP contribution in [0.3, 0.4) is 0 Å². The molecule has 0 aliphatic carbocycles. The van der Waals surface area contributed by atoms with Crippen LogP contribution in [-0.2, 0) is 11.2 Å². The van der Waals surface area contributed by atoms with Gasteiger partial charge in [-0.15, -0.1) is 0 Å². The third-order valence-corrected chi connectivity index (χ3v) is 3.47. The molecule has 1 unspecified atom stereocenters. The molecule has 0 radical (unpaired) electrons. The molecule has 1 aliphatic rings. The lowest BCUT2D eigenvalue weighted by atomic mass is 9.92. The van der Waals surface area contributed by atoms with Crippen molar-refractivity contribution in [2.75, 3.05) is 6.54 Å². The number of benzene rings is 1. The van der Waals surface area contributed by atoms with Crippen molar-refractivity contribution in [1.29, 1.82) is 0 Å². The molecule has 104 valence electrons. The lowest BCUT2D eigenvalue weighted by Crippen LogP contribution is -2.42. The normalized spacial score (nSPS) is 19.0. The minimum absolute atomic E-state index is 0.0826. The van der Waals surface area contributed by atoms with Crippen LogP contribution in [0.5, 0.6) is 0 Å². The predicted octanol–water partition coefficient (Wildman–Crippen LogP) is 3.85. The molecular formula is C16H23NO2. The Morgan fingerprint density at radius 3 is 2.68 bits per heavy atom. The fraction of sp³-hybridized carbons (Fsp3) is 0.562. The SMILES string of the molecule is Cc1ccc2c(c1)CCN(C(=O)OC(C)(C)C)C2C. The highest BCUT2D eigenvalue weighted by molar-refractivity contribution is 5.69. The smallest absolute Gasteiger partial charge is 0.410 e. The van der Waals surface area contributed by atoms with E-state index >= 15 is 0 Å². The number of carbonyl (C=O) groups excluding carboxylic acids is 1. The van der Waals surface area contributed by atoms with Crippen LogP contribution in [0.2, 0.25) is 0 Å².